The summed E-state index contributed by atoms with van der Waals surface area (Å²) in [7, 11) is 1.74. The number of piperidine rings is 1. The predicted molar refractivity (Wildman–Crippen MR) is 166 cm³/mol. The van der Waals surface area contributed by atoms with Crippen LogP contribution in [0.4, 0.5) is 10.5 Å². The molecule has 0 bridgehead atoms. The van der Waals surface area contributed by atoms with E-state index in [2.05, 4.69) is 35.4 Å². The number of carbonyl (C=O) groups is 2. The maximum Gasteiger partial charge on any atom is 0.410 e. The summed E-state index contributed by atoms with van der Waals surface area (Å²) in [5.74, 6) is 1.41. The van der Waals surface area contributed by atoms with Crippen molar-refractivity contribution < 1.29 is 28.2 Å². The molecule has 2 atom stereocenters. The minimum atomic E-state index is -0.661. The fraction of sp³-hybridized carbons (Fsp3) is 0.727. The molecule has 2 aliphatic heterocycles. The third-order valence-corrected chi connectivity index (χ3v) is 9.08. The Labute approximate surface area is 265 Å². The standard InChI is InChI=1S/C33H48N6O6/c1-19(2)14-39(31(40)28-27(35-24-11-26(12-24)42-6)10-21(13-34-28)20-7-8-20)25-9-22(15-38(16-25)32(41)45-33(3,4)5)29-36-37-30(44-29)23-17-43-18-23/h10,13,19-20,22-26,35H,7-9,11-12,14-18H2,1-6H3/t22-,24?,25+,26?/m1/s1. The maximum absolute atomic E-state index is 14.6. The van der Waals surface area contributed by atoms with Crippen LogP contribution in [0.1, 0.15) is 112 Å². The maximum atomic E-state index is 14.6. The second-order valence-corrected chi connectivity index (χ2v) is 14.6. The van der Waals surface area contributed by atoms with E-state index in [1.807, 2.05) is 31.9 Å². The molecular weight excluding hydrogens is 576 g/mol. The summed E-state index contributed by atoms with van der Waals surface area (Å²) in [6.45, 7) is 12.1. The lowest BCUT2D eigenvalue weighted by Crippen LogP contribution is -2.55. The van der Waals surface area contributed by atoms with Gasteiger partial charge in [-0.15, -0.1) is 10.2 Å². The van der Waals surface area contributed by atoms with E-state index in [-0.39, 0.29) is 41.8 Å². The van der Waals surface area contributed by atoms with Crippen molar-refractivity contribution in [1.29, 1.82) is 0 Å². The van der Waals surface area contributed by atoms with Gasteiger partial charge in [-0.2, -0.15) is 0 Å². The summed E-state index contributed by atoms with van der Waals surface area (Å²) < 4.78 is 22.7. The number of pyridine rings is 1. The first-order chi connectivity index (χ1) is 21.5. The summed E-state index contributed by atoms with van der Waals surface area (Å²) in [4.78, 5) is 36.4. The van der Waals surface area contributed by atoms with E-state index in [4.69, 9.17) is 23.6 Å². The zero-order valence-electron chi connectivity index (χ0n) is 27.5. The summed E-state index contributed by atoms with van der Waals surface area (Å²) in [6.07, 6.45) is 6.33. The number of likely N-dealkylation sites (tertiary alicyclic amines) is 1. The van der Waals surface area contributed by atoms with Gasteiger partial charge in [0.1, 0.15) is 5.60 Å². The van der Waals surface area contributed by atoms with Crippen molar-refractivity contribution in [2.75, 3.05) is 45.3 Å². The molecule has 246 valence electrons. The Morgan fingerprint density at radius 1 is 1.07 bits per heavy atom. The van der Waals surface area contributed by atoms with Crippen molar-refractivity contribution >= 4 is 17.7 Å². The Hall–Kier alpha value is -3.25. The average molecular weight is 625 g/mol. The molecule has 12 nitrogen and oxygen atoms in total. The Kier molecular flexibility index (Phi) is 9.07. The number of hydrogen-bond acceptors (Lipinski definition) is 10. The van der Waals surface area contributed by atoms with Gasteiger partial charge in [-0.05, 0) is 76.3 Å². The van der Waals surface area contributed by atoms with Crippen molar-refractivity contribution in [3.63, 3.8) is 0 Å². The molecule has 2 aromatic heterocycles. The van der Waals surface area contributed by atoms with Crippen LogP contribution in [0.3, 0.4) is 0 Å². The van der Waals surface area contributed by atoms with Crippen LogP contribution >= 0.6 is 0 Å². The Morgan fingerprint density at radius 3 is 2.38 bits per heavy atom. The zero-order chi connectivity index (χ0) is 31.9. The minimum absolute atomic E-state index is 0.0945. The molecule has 2 aromatic rings. The van der Waals surface area contributed by atoms with Crippen molar-refractivity contribution in [1.82, 2.24) is 25.0 Å². The lowest BCUT2D eigenvalue weighted by molar-refractivity contribution is -0.00420. The van der Waals surface area contributed by atoms with Gasteiger partial charge in [-0.3, -0.25) is 4.79 Å². The lowest BCUT2D eigenvalue weighted by Gasteiger charge is -2.42. The molecule has 4 heterocycles. The summed E-state index contributed by atoms with van der Waals surface area (Å²) in [5.41, 5.74) is 1.70. The molecule has 6 rings (SSSR count). The topological polar surface area (TPSA) is 132 Å². The average Bonchev–Trinajstić information content (AvgIpc) is 3.68. The molecule has 45 heavy (non-hydrogen) atoms. The SMILES string of the molecule is COC1CC(Nc2cc(C3CC3)cnc2C(=O)N(CC(C)C)[C@H]2C[C@@H](c3nnc(C4COC4)o3)CN(C(=O)OC(C)(C)C)C2)C1. The third-order valence-electron chi connectivity index (χ3n) is 9.08. The highest BCUT2D eigenvalue weighted by Crippen LogP contribution is 2.41. The highest BCUT2D eigenvalue weighted by atomic mass is 16.6. The van der Waals surface area contributed by atoms with Crippen LogP contribution in [0.2, 0.25) is 0 Å². The van der Waals surface area contributed by atoms with E-state index < -0.39 is 11.7 Å². The van der Waals surface area contributed by atoms with Gasteiger partial charge in [-0.1, -0.05) is 13.8 Å². The van der Waals surface area contributed by atoms with E-state index in [0.717, 1.165) is 31.4 Å². The number of rotatable bonds is 10. The number of methoxy groups -OCH3 is 1. The van der Waals surface area contributed by atoms with E-state index in [1.165, 1.54) is 5.56 Å². The number of nitrogens with one attached hydrogen (secondary N) is 1. The second kappa shape index (κ2) is 12.9. The van der Waals surface area contributed by atoms with Crippen molar-refractivity contribution in [2.45, 2.75) is 108 Å². The van der Waals surface area contributed by atoms with Crippen LogP contribution in [0.15, 0.2) is 16.7 Å². The van der Waals surface area contributed by atoms with Gasteiger partial charge in [0.15, 0.2) is 5.69 Å². The molecule has 4 aliphatic rings. The Balaban J connectivity index is 1.29. The van der Waals surface area contributed by atoms with Crippen LogP contribution in [0.25, 0.3) is 0 Å². The third kappa shape index (κ3) is 7.43. The summed E-state index contributed by atoms with van der Waals surface area (Å²) >= 11 is 0. The monoisotopic (exact) mass is 624 g/mol. The molecule has 0 spiro atoms. The summed E-state index contributed by atoms with van der Waals surface area (Å²) in [6, 6.07) is 2.03. The largest absolute Gasteiger partial charge is 0.444 e. The van der Waals surface area contributed by atoms with Gasteiger partial charge >= 0.3 is 6.09 Å². The normalized spacial score (nSPS) is 25.4. The highest BCUT2D eigenvalue weighted by molar-refractivity contribution is 5.98. The molecular formula is C33H48N6O6. The highest BCUT2D eigenvalue weighted by Gasteiger charge is 2.41. The first-order valence-electron chi connectivity index (χ1n) is 16.5. The van der Waals surface area contributed by atoms with Gasteiger partial charge in [-0.25, -0.2) is 9.78 Å². The van der Waals surface area contributed by atoms with Gasteiger partial charge in [0, 0.05) is 39.0 Å². The van der Waals surface area contributed by atoms with Crippen LogP contribution < -0.4 is 5.32 Å². The second-order valence-electron chi connectivity index (χ2n) is 14.6. The van der Waals surface area contributed by atoms with Crippen LogP contribution in [0, 0.1) is 5.92 Å². The quantitative estimate of drug-likeness (QED) is 0.388. The van der Waals surface area contributed by atoms with E-state index in [9.17, 15) is 9.59 Å². The predicted octanol–water partition coefficient (Wildman–Crippen LogP) is 4.94. The number of ether oxygens (including phenoxy) is 3. The first kappa shape index (κ1) is 31.7. The number of hydrogen-bond donors (Lipinski definition) is 1. The van der Waals surface area contributed by atoms with E-state index in [1.54, 1.807) is 12.0 Å². The molecule has 2 aliphatic carbocycles. The Bertz CT molecular complexity index is 1360. The minimum Gasteiger partial charge on any atom is -0.444 e. The number of anilines is 1. The zero-order valence-corrected chi connectivity index (χ0v) is 27.5. The van der Waals surface area contributed by atoms with Crippen LogP contribution in [-0.4, -0.2) is 101 Å². The molecule has 1 N–H and O–H groups in total. The fourth-order valence-corrected chi connectivity index (χ4v) is 6.33. The van der Waals surface area contributed by atoms with Crippen LogP contribution in [0.5, 0.6) is 0 Å². The van der Waals surface area contributed by atoms with Crippen molar-refractivity contribution in [3.05, 3.63) is 35.3 Å². The van der Waals surface area contributed by atoms with E-state index in [0.29, 0.717) is 62.7 Å². The van der Waals surface area contributed by atoms with Crippen molar-refractivity contribution in [2.24, 2.45) is 5.92 Å². The number of carbonyl (C=O) groups excluding carboxylic acids is 2. The molecule has 0 radical (unpaired) electrons. The fourth-order valence-electron chi connectivity index (χ4n) is 6.33. The summed E-state index contributed by atoms with van der Waals surface area (Å²) in [5, 5.41) is 12.3. The molecule has 4 fully saturated rings. The van der Waals surface area contributed by atoms with Gasteiger partial charge in [0.2, 0.25) is 11.8 Å². The van der Waals surface area contributed by atoms with Gasteiger partial charge < -0.3 is 33.7 Å². The van der Waals surface area contributed by atoms with Crippen molar-refractivity contribution in [3.8, 4) is 0 Å². The smallest absolute Gasteiger partial charge is 0.410 e. The number of nitrogens with zero attached hydrogens (tertiary/aromatic N) is 5. The number of aromatic nitrogens is 3. The molecule has 12 heteroatoms. The number of amides is 2. The van der Waals surface area contributed by atoms with Gasteiger partial charge in [0.25, 0.3) is 5.91 Å². The molecule has 2 saturated heterocycles. The first-order valence-corrected chi connectivity index (χ1v) is 16.5. The van der Waals surface area contributed by atoms with Crippen LogP contribution in [-0.2, 0) is 14.2 Å². The lowest BCUT2D eigenvalue weighted by atomic mass is 9.89. The molecule has 2 saturated carbocycles. The molecule has 0 unspecified atom stereocenters. The van der Waals surface area contributed by atoms with Gasteiger partial charge in [0.05, 0.1) is 42.9 Å². The molecule has 2 amide bonds. The molecule has 0 aromatic carbocycles. The van der Waals surface area contributed by atoms with E-state index >= 15 is 0 Å². The Morgan fingerprint density at radius 2 is 1.78 bits per heavy atom.